The van der Waals surface area contributed by atoms with Crippen molar-refractivity contribution in [2.45, 2.75) is 26.2 Å². The first-order valence-corrected chi connectivity index (χ1v) is 8.14. The number of aromatic amines is 1. The normalized spacial score (nSPS) is 12.1. The second kappa shape index (κ2) is 5.21. The minimum absolute atomic E-state index is 0.0308. The highest BCUT2D eigenvalue weighted by Gasteiger charge is 2.17. The first-order chi connectivity index (χ1) is 11.9. The third-order valence-electron chi connectivity index (χ3n) is 4.37. The van der Waals surface area contributed by atoms with Crippen LogP contribution in [0.3, 0.4) is 0 Å². The van der Waals surface area contributed by atoms with Gasteiger partial charge in [0.2, 0.25) is 5.42 Å². The Morgan fingerprint density at radius 2 is 1.68 bits per heavy atom. The van der Waals surface area contributed by atoms with E-state index in [0.29, 0.717) is 16.8 Å². The summed E-state index contributed by atoms with van der Waals surface area (Å²) < 4.78 is 6.90. The number of para-hydroxylation sites is 1. The Kier molecular flexibility index (Phi) is 3.22. The smallest absolute Gasteiger partial charge is 0.303 e. The van der Waals surface area contributed by atoms with Crippen LogP contribution in [0.5, 0.6) is 0 Å². The average Bonchev–Trinajstić information content (AvgIpc) is 2.83. The minimum atomic E-state index is -0.454. The van der Waals surface area contributed by atoms with Crippen LogP contribution in [-0.4, -0.2) is 9.55 Å². The molecule has 0 saturated heterocycles. The van der Waals surface area contributed by atoms with Crippen LogP contribution in [0, 0.1) is 10.8 Å². The van der Waals surface area contributed by atoms with Crippen LogP contribution in [0.4, 0.5) is 0 Å². The Labute approximate surface area is 143 Å². The molecule has 2 aliphatic rings. The van der Waals surface area contributed by atoms with Crippen molar-refractivity contribution >= 4 is 11.1 Å². The van der Waals surface area contributed by atoms with Crippen molar-refractivity contribution in [3.8, 4) is 5.69 Å². The number of rotatable bonds is 1. The van der Waals surface area contributed by atoms with E-state index in [9.17, 15) is 9.59 Å². The summed E-state index contributed by atoms with van der Waals surface area (Å²) >= 11 is 0. The summed E-state index contributed by atoms with van der Waals surface area (Å²) in [6.45, 7) is 6.35. The third kappa shape index (κ3) is 2.39. The van der Waals surface area contributed by atoms with Gasteiger partial charge in [-0.25, -0.2) is 4.57 Å². The molecule has 4 rings (SSSR count). The summed E-state index contributed by atoms with van der Waals surface area (Å²) in [4.78, 5) is 28.5. The number of hydrogen-bond donors (Lipinski definition) is 1. The summed E-state index contributed by atoms with van der Waals surface area (Å²) in [5.41, 5.74) is 2.04. The number of nitrogens with one attached hydrogen (secondary N) is 1. The number of hydrogen-bond acceptors (Lipinski definition) is 3. The van der Waals surface area contributed by atoms with Crippen LogP contribution >= 0.6 is 0 Å². The van der Waals surface area contributed by atoms with E-state index in [1.165, 1.54) is 0 Å². The Bertz CT molecular complexity index is 1250. The van der Waals surface area contributed by atoms with Gasteiger partial charge in [-0.15, -0.1) is 0 Å². The van der Waals surface area contributed by atoms with Crippen molar-refractivity contribution in [3.63, 3.8) is 0 Å². The fourth-order valence-electron chi connectivity index (χ4n) is 2.95. The quantitative estimate of drug-likeness (QED) is 0.581. The van der Waals surface area contributed by atoms with Crippen LogP contribution < -0.4 is 11.1 Å². The molecule has 126 valence electrons. The zero-order valence-electron chi connectivity index (χ0n) is 14.3. The molecule has 25 heavy (non-hydrogen) atoms. The van der Waals surface area contributed by atoms with Gasteiger partial charge in [0.15, 0.2) is 10.9 Å². The molecule has 0 aromatic heterocycles. The van der Waals surface area contributed by atoms with Crippen molar-refractivity contribution in [3.05, 3.63) is 85.6 Å². The van der Waals surface area contributed by atoms with Gasteiger partial charge in [0.1, 0.15) is 0 Å². The van der Waals surface area contributed by atoms with E-state index < -0.39 is 11.1 Å². The fraction of sp³-hybridized carbons (Fsp3) is 0.200. The van der Waals surface area contributed by atoms with E-state index in [1.54, 1.807) is 24.3 Å². The second-order valence-electron chi connectivity index (χ2n) is 7.17. The van der Waals surface area contributed by atoms with Gasteiger partial charge < -0.3 is 9.40 Å². The van der Waals surface area contributed by atoms with Crippen LogP contribution in [-0.2, 0) is 5.41 Å². The van der Waals surface area contributed by atoms with E-state index in [0.717, 1.165) is 10.1 Å². The summed E-state index contributed by atoms with van der Waals surface area (Å²) in [7, 11) is 0. The van der Waals surface area contributed by atoms with Crippen LogP contribution in [0.25, 0.3) is 16.8 Å². The lowest BCUT2D eigenvalue weighted by Gasteiger charge is -2.18. The summed E-state index contributed by atoms with van der Waals surface area (Å²) in [6.07, 6.45) is 0. The van der Waals surface area contributed by atoms with E-state index in [-0.39, 0.29) is 16.2 Å². The monoisotopic (exact) mass is 334 g/mol. The molecule has 0 bridgehead atoms. The second-order valence-corrected chi connectivity index (χ2v) is 7.17. The molecule has 0 saturated carbocycles. The average molecular weight is 334 g/mol. The highest BCUT2D eigenvalue weighted by atomic mass is 16.3. The van der Waals surface area contributed by atoms with Gasteiger partial charge in [-0.1, -0.05) is 45.0 Å². The molecule has 0 aliphatic carbocycles. The van der Waals surface area contributed by atoms with E-state index in [2.05, 4.69) is 25.8 Å². The van der Waals surface area contributed by atoms with Gasteiger partial charge in [-0.05, 0) is 35.2 Å². The molecule has 0 radical (unpaired) electrons. The van der Waals surface area contributed by atoms with Crippen LogP contribution in [0.2, 0.25) is 0 Å². The number of fused-ring (bicyclic) bond motifs is 1. The highest BCUT2D eigenvalue weighted by Crippen LogP contribution is 2.25. The zero-order chi connectivity index (χ0) is 17.8. The van der Waals surface area contributed by atoms with Gasteiger partial charge in [-0.3, -0.25) is 9.59 Å². The maximum absolute atomic E-state index is 12.7. The lowest BCUT2D eigenvalue weighted by Crippen LogP contribution is -2.24. The van der Waals surface area contributed by atoms with Crippen molar-refractivity contribution in [1.82, 2.24) is 9.55 Å². The van der Waals surface area contributed by atoms with Gasteiger partial charge in [0, 0.05) is 0 Å². The number of aromatic nitrogens is 2. The molecule has 2 heterocycles. The van der Waals surface area contributed by atoms with E-state index in [1.807, 2.05) is 24.3 Å². The van der Waals surface area contributed by atoms with Gasteiger partial charge in [0.25, 0.3) is 5.56 Å². The summed E-state index contributed by atoms with van der Waals surface area (Å²) in [5.74, 6) is 0. The third-order valence-corrected chi connectivity index (χ3v) is 4.37. The van der Waals surface area contributed by atoms with Crippen molar-refractivity contribution in [1.29, 1.82) is 0 Å². The fourth-order valence-corrected chi connectivity index (χ4v) is 2.95. The van der Waals surface area contributed by atoms with Crippen molar-refractivity contribution in [2.75, 3.05) is 0 Å². The Hall–Kier alpha value is -3.08. The molecule has 2 aromatic rings. The molecule has 0 unspecified atom stereocenters. The number of nitrogens with zero attached hydrogens (tertiary/aromatic N) is 1. The summed E-state index contributed by atoms with van der Waals surface area (Å²) in [5, 5.41) is 0.187. The highest BCUT2D eigenvalue weighted by molar-refractivity contribution is 5.72. The van der Waals surface area contributed by atoms with Gasteiger partial charge >= 0.3 is 5.56 Å². The van der Waals surface area contributed by atoms with E-state index >= 15 is 0 Å². The molecular weight excluding hydrogens is 316 g/mol. The molecule has 2 aliphatic heterocycles. The first kappa shape index (κ1) is 15.4. The number of H-pyrrole nitrogens is 1. The standard InChI is InChI=1S/C20H18N2O3/c1-20(2,3)12-9-10-15-14(11-12)21-16-17(25-15)19(24)22(18(16)23)13-7-5-4-6-8-13/h4-11,21H,1-3H3. The Morgan fingerprint density at radius 1 is 0.960 bits per heavy atom. The van der Waals surface area contributed by atoms with Crippen molar-refractivity contribution in [2.24, 2.45) is 0 Å². The molecule has 0 atom stereocenters. The SMILES string of the molecule is CC(C)(C)c1ccc2oc3c(=O)n(-c4ccccc4)c(=O)c=3[nH]c2c1. The van der Waals surface area contributed by atoms with Gasteiger partial charge in [0.05, 0.1) is 11.2 Å². The molecule has 0 spiro atoms. The topological polar surface area (TPSA) is 68.0 Å². The van der Waals surface area contributed by atoms with E-state index in [4.69, 9.17) is 4.42 Å². The Morgan fingerprint density at radius 3 is 2.36 bits per heavy atom. The molecule has 5 nitrogen and oxygen atoms in total. The maximum atomic E-state index is 12.7. The van der Waals surface area contributed by atoms with Crippen LogP contribution in [0.15, 0.2) is 62.5 Å². The van der Waals surface area contributed by atoms with Crippen molar-refractivity contribution < 1.29 is 4.42 Å². The van der Waals surface area contributed by atoms with Crippen LogP contribution in [0.1, 0.15) is 26.3 Å². The Balaban J connectivity index is 2.08. The van der Waals surface area contributed by atoms with Gasteiger partial charge in [-0.2, -0.15) is 0 Å². The zero-order valence-corrected chi connectivity index (χ0v) is 14.3. The molecule has 1 N–H and O–H groups in total. The lowest BCUT2D eigenvalue weighted by atomic mass is 9.87. The molecular formula is C20H18N2O3. The maximum Gasteiger partial charge on any atom is 0.303 e. The molecule has 5 heteroatoms. The number of benzene rings is 2. The predicted molar refractivity (Wildman–Crippen MR) is 96.4 cm³/mol. The minimum Gasteiger partial charge on any atom is -0.447 e. The largest absolute Gasteiger partial charge is 0.447 e. The molecule has 0 fully saturated rings. The molecule has 0 amide bonds. The predicted octanol–water partition coefficient (Wildman–Crippen LogP) is 3.29. The molecule has 2 aromatic carbocycles. The first-order valence-electron chi connectivity index (χ1n) is 8.14. The summed E-state index contributed by atoms with van der Waals surface area (Å²) in [6, 6.07) is 14.6. The lowest BCUT2D eigenvalue weighted by molar-refractivity contribution is 0.553.